The predicted octanol–water partition coefficient (Wildman–Crippen LogP) is 3.35. The molecule has 0 aromatic rings. The van der Waals surface area contributed by atoms with E-state index in [1.54, 1.807) is 0 Å². The lowest BCUT2D eigenvalue weighted by molar-refractivity contribution is 0.0688. The fraction of sp³-hybridized carbons (Fsp3) is 0.846. The minimum absolute atomic E-state index is 0.934. The summed E-state index contributed by atoms with van der Waals surface area (Å²) >= 11 is 0. The van der Waals surface area contributed by atoms with Crippen LogP contribution in [0.25, 0.3) is 0 Å². The molecule has 0 bridgehead atoms. The molecule has 0 spiro atoms. The lowest BCUT2D eigenvalue weighted by atomic mass is 10.5. The van der Waals surface area contributed by atoms with Crippen LogP contribution >= 0.6 is 0 Å². The van der Waals surface area contributed by atoms with Gasteiger partial charge in [0.2, 0.25) is 0 Å². The van der Waals surface area contributed by atoms with Crippen molar-refractivity contribution >= 4 is 16.3 Å². The molecule has 0 saturated carbocycles. The third-order valence-corrected chi connectivity index (χ3v) is 10.5. The monoisotopic (exact) mass is 271 g/mol. The Balaban J connectivity index is 2.35. The molecule has 4 heteroatoms. The molecular weight excluding hydrogens is 242 g/mol. The second-order valence-corrected chi connectivity index (χ2v) is 16.1. The number of nitrogens with zero attached hydrogens (tertiary/aromatic N) is 1. The molecule has 0 aromatic carbocycles. The van der Waals surface area contributed by atoms with Crippen molar-refractivity contribution in [1.29, 1.82) is 0 Å². The van der Waals surface area contributed by atoms with Gasteiger partial charge in [-0.15, -0.1) is 12.3 Å². The first kappa shape index (κ1) is 15.2. The molecule has 17 heavy (non-hydrogen) atoms. The van der Waals surface area contributed by atoms with Gasteiger partial charge in [-0.1, -0.05) is 38.7 Å². The van der Waals surface area contributed by atoms with E-state index in [0.717, 1.165) is 26.3 Å². The Morgan fingerprint density at radius 2 is 1.71 bits per heavy atom. The summed E-state index contributed by atoms with van der Waals surface area (Å²) in [6.07, 6.45) is 1.39. The lowest BCUT2D eigenvalue weighted by Crippen LogP contribution is -2.53. The van der Waals surface area contributed by atoms with Crippen LogP contribution in [0, 0.1) is 0 Å². The van der Waals surface area contributed by atoms with Gasteiger partial charge in [-0.25, -0.2) is 0 Å². The zero-order valence-corrected chi connectivity index (χ0v) is 14.1. The van der Waals surface area contributed by atoms with E-state index in [2.05, 4.69) is 43.0 Å². The van der Waals surface area contributed by atoms with Crippen LogP contribution in [0.15, 0.2) is 12.3 Å². The van der Waals surface area contributed by atoms with E-state index in [0.29, 0.717) is 0 Å². The Morgan fingerprint density at radius 1 is 1.12 bits per heavy atom. The molecular formula is C13H29NOSi2. The number of hydrogen-bond donors (Lipinski definition) is 0. The van der Waals surface area contributed by atoms with Gasteiger partial charge in [-0.2, -0.15) is 0 Å². The van der Waals surface area contributed by atoms with Crippen LogP contribution in [0.1, 0.15) is 6.42 Å². The van der Waals surface area contributed by atoms with Crippen molar-refractivity contribution in [3.8, 4) is 0 Å². The molecule has 0 aromatic heterocycles. The van der Waals surface area contributed by atoms with Crippen LogP contribution in [-0.2, 0) is 4.74 Å². The summed E-state index contributed by atoms with van der Waals surface area (Å²) in [5.74, 6) is 0. The molecule has 1 saturated heterocycles. The van der Waals surface area contributed by atoms with Crippen molar-refractivity contribution in [2.75, 3.05) is 26.3 Å². The van der Waals surface area contributed by atoms with E-state index in [4.69, 9.17) is 4.74 Å². The number of morpholine rings is 1. The van der Waals surface area contributed by atoms with E-state index in [1.807, 2.05) is 0 Å². The molecule has 1 aliphatic heterocycles. The van der Waals surface area contributed by atoms with E-state index < -0.39 is 16.3 Å². The Morgan fingerprint density at radius 3 is 2.24 bits per heavy atom. The highest BCUT2D eigenvalue weighted by molar-refractivity contribution is 6.82. The van der Waals surface area contributed by atoms with Crippen molar-refractivity contribution in [3.63, 3.8) is 0 Å². The van der Waals surface area contributed by atoms with Gasteiger partial charge in [0.25, 0.3) is 0 Å². The van der Waals surface area contributed by atoms with Crippen molar-refractivity contribution in [1.82, 2.24) is 4.57 Å². The standard InChI is InChI=1S/C13H29NOSi2/c1-6-16(2,3)12-7-13-17(4,5)14-8-10-15-11-9-14/h6H,1,7-13H2,2-5H3. The molecule has 0 amide bonds. The van der Waals surface area contributed by atoms with Crippen molar-refractivity contribution in [3.05, 3.63) is 12.3 Å². The molecule has 2 nitrogen and oxygen atoms in total. The van der Waals surface area contributed by atoms with E-state index in [1.165, 1.54) is 18.5 Å². The van der Waals surface area contributed by atoms with Crippen molar-refractivity contribution in [2.24, 2.45) is 0 Å². The van der Waals surface area contributed by atoms with Gasteiger partial charge in [-0.3, -0.25) is 0 Å². The summed E-state index contributed by atoms with van der Waals surface area (Å²) in [5, 5.41) is 0. The zero-order valence-electron chi connectivity index (χ0n) is 12.1. The summed E-state index contributed by atoms with van der Waals surface area (Å²) in [5.41, 5.74) is 2.23. The highest BCUT2D eigenvalue weighted by Crippen LogP contribution is 2.23. The van der Waals surface area contributed by atoms with E-state index in [9.17, 15) is 0 Å². The van der Waals surface area contributed by atoms with Gasteiger partial charge in [0, 0.05) is 13.1 Å². The van der Waals surface area contributed by atoms with Gasteiger partial charge in [0.15, 0.2) is 0 Å². The van der Waals surface area contributed by atoms with Gasteiger partial charge in [0.1, 0.15) is 8.24 Å². The maximum Gasteiger partial charge on any atom is 0.122 e. The molecule has 0 unspecified atom stereocenters. The van der Waals surface area contributed by atoms with Crippen LogP contribution in [-0.4, -0.2) is 47.2 Å². The van der Waals surface area contributed by atoms with Crippen LogP contribution in [0.3, 0.4) is 0 Å². The number of hydrogen-bond acceptors (Lipinski definition) is 2. The molecule has 1 fully saturated rings. The first-order valence-corrected chi connectivity index (χ1v) is 13.3. The molecule has 1 aliphatic rings. The minimum atomic E-state index is -1.17. The maximum absolute atomic E-state index is 5.45. The van der Waals surface area contributed by atoms with Crippen molar-refractivity contribution in [2.45, 2.75) is 44.7 Å². The summed E-state index contributed by atoms with van der Waals surface area (Å²) in [7, 11) is -2.26. The topological polar surface area (TPSA) is 12.5 Å². The smallest absolute Gasteiger partial charge is 0.122 e. The number of rotatable bonds is 6. The summed E-state index contributed by atoms with van der Waals surface area (Å²) in [6, 6.07) is 2.83. The van der Waals surface area contributed by atoms with Crippen LogP contribution < -0.4 is 0 Å². The molecule has 0 aliphatic carbocycles. The third kappa shape index (κ3) is 5.08. The van der Waals surface area contributed by atoms with Crippen LogP contribution in [0.2, 0.25) is 38.3 Å². The zero-order chi connectivity index (χ0) is 12.9. The van der Waals surface area contributed by atoms with Gasteiger partial charge >= 0.3 is 0 Å². The maximum atomic E-state index is 5.45. The first-order chi connectivity index (χ1) is 7.87. The Bertz CT molecular complexity index is 248. The van der Waals surface area contributed by atoms with Crippen molar-refractivity contribution < 1.29 is 4.74 Å². The second kappa shape index (κ2) is 6.32. The molecule has 0 N–H and O–H groups in total. The second-order valence-electron chi connectivity index (χ2n) is 6.46. The summed E-state index contributed by atoms with van der Waals surface area (Å²) in [4.78, 5) is 0. The van der Waals surface area contributed by atoms with Crippen LogP contribution in [0.5, 0.6) is 0 Å². The molecule has 1 rings (SSSR count). The Hall–Kier alpha value is 0.0938. The Labute approximate surface area is 109 Å². The lowest BCUT2D eigenvalue weighted by Gasteiger charge is -2.39. The molecule has 1 heterocycles. The van der Waals surface area contributed by atoms with E-state index in [-0.39, 0.29) is 0 Å². The average molecular weight is 272 g/mol. The molecule has 0 radical (unpaired) electrons. The highest BCUT2D eigenvalue weighted by Gasteiger charge is 2.30. The minimum Gasteiger partial charge on any atom is -0.379 e. The third-order valence-electron chi connectivity index (χ3n) is 4.03. The van der Waals surface area contributed by atoms with E-state index >= 15 is 0 Å². The first-order valence-electron chi connectivity index (χ1n) is 6.84. The molecule has 100 valence electrons. The normalized spacial score (nSPS) is 19.3. The Kier molecular flexibility index (Phi) is 5.63. The largest absolute Gasteiger partial charge is 0.379 e. The fourth-order valence-electron chi connectivity index (χ4n) is 2.41. The highest BCUT2D eigenvalue weighted by atomic mass is 28.3. The predicted molar refractivity (Wildman–Crippen MR) is 81.8 cm³/mol. The average Bonchev–Trinajstić information content (AvgIpc) is 2.30. The van der Waals surface area contributed by atoms with Gasteiger partial charge in [-0.05, 0) is 6.04 Å². The number of ether oxygens (including phenoxy) is 1. The fourth-order valence-corrected chi connectivity index (χ4v) is 6.80. The summed E-state index contributed by atoms with van der Waals surface area (Å²) < 4.78 is 8.17. The van der Waals surface area contributed by atoms with Gasteiger partial charge < -0.3 is 9.30 Å². The SMILES string of the molecule is C=C[Si](C)(C)CCC[Si](C)(C)N1CCOCC1. The molecule has 0 atom stereocenters. The summed E-state index contributed by atoms with van der Waals surface area (Å²) in [6.45, 7) is 18.0. The quantitative estimate of drug-likeness (QED) is 0.687. The van der Waals surface area contributed by atoms with Gasteiger partial charge in [0.05, 0.1) is 21.3 Å². The van der Waals surface area contributed by atoms with Crippen LogP contribution in [0.4, 0.5) is 0 Å².